The molecule has 1 aromatic rings. The van der Waals surface area contributed by atoms with Gasteiger partial charge < -0.3 is 24.2 Å². The molecule has 7 nitrogen and oxygen atoms in total. The zero-order valence-electron chi connectivity index (χ0n) is 11.2. The Morgan fingerprint density at radius 3 is 2.85 bits per heavy atom. The number of likely N-dealkylation sites (N-methyl/N-ethyl adjacent to an activating group) is 1. The lowest BCUT2D eigenvalue weighted by Gasteiger charge is -2.24. The minimum atomic E-state index is -1.13. The molecule has 20 heavy (non-hydrogen) atoms. The van der Waals surface area contributed by atoms with Gasteiger partial charge in [-0.25, -0.2) is 4.79 Å². The van der Waals surface area contributed by atoms with Crippen LogP contribution in [0.4, 0.5) is 0 Å². The van der Waals surface area contributed by atoms with Crippen molar-refractivity contribution in [3.63, 3.8) is 0 Å². The summed E-state index contributed by atoms with van der Waals surface area (Å²) in [4.78, 5) is 23.6. The van der Waals surface area contributed by atoms with Crippen LogP contribution in [-0.2, 0) is 9.59 Å². The summed E-state index contributed by atoms with van der Waals surface area (Å²) in [5.41, 5.74) is 0.396. The number of aliphatic carboxylic acids is 1. The van der Waals surface area contributed by atoms with E-state index in [2.05, 4.69) is 0 Å². The van der Waals surface area contributed by atoms with Crippen LogP contribution in [0.15, 0.2) is 12.1 Å². The van der Waals surface area contributed by atoms with Gasteiger partial charge in [0.15, 0.2) is 17.5 Å². The monoisotopic (exact) mass is 281 g/mol. The normalized spacial score (nSPS) is 13.7. The smallest absolute Gasteiger partial charge is 0.331 e. The molecule has 0 spiro atoms. The van der Waals surface area contributed by atoms with Gasteiger partial charge in [0, 0.05) is 6.54 Å². The first-order valence-electron chi connectivity index (χ1n) is 6.03. The molecule has 108 valence electrons. The lowest BCUT2D eigenvalue weighted by Crippen LogP contribution is -2.32. The van der Waals surface area contributed by atoms with Gasteiger partial charge in [-0.2, -0.15) is 0 Å². The Hall–Kier alpha value is -2.44. The van der Waals surface area contributed by atoms with Crippen LogP contribution in [0.2, 0.25) is 0 Å². The Labute approximate surface area is 115 Å². The average molecular weight is 281 g/mol. The SMILES string of the molecule is CCN(C=O)C(C(=O)O)c1cc(OC)c2c(c1)OCO2. The average Bonchev–Trinajstić information content (AvgIpc) is 2.91. The Bertz CT molecular complexity index is 530. The molecule has 2 rings (SSSR count). The summed E-state index contributed by atoms with van der Waals surface area (Å²) in [6.07, 6.45) is 0.510. The van der Waals surface area contributed by atoms with E-state index < -0.39 is 12.0 Å². The highest BCUT2D eigenvalue weighted by Crippen LogP contribution is 2.43. The number of fused-ring (bicyclic) bond motifs is 1. The predicted molar refractivity (Wildman–Crippen MR) is 67.9 cm³/mol. The fraction of sp³-hybridized carbons (Fsp3) is 0.385. The van der Waals surface area contributed by atoms with Crippen LogP contribution in [0.1, 0.15) is 18.5 Å². The van der Waals surface area contributed by atoms with Gasteiger partial charge in [-0.05, 0) is 24.6 Å². The molecule has 0 bridgehead atoms. The van der Waals surface area contributed by atoms with Crippen molar-refractivity contribution in [1.82, 2.24) is 4.90 Å². The first kappa shape index (κ1) is 14.0. The number of nitrogens with zero attached hydrogens (tertiary/aromatic N) is 1. The van der Waals surface area contributed by atoms with E-state index in [9.17, 15) is 14.7 Å². The molecular weight excluding hydrogens is 266 g/mol. The molecule has 1 aliphatic heterocycles. The van der Waals surface area contributed by atoms with Gasteiger partial charge in [0.1, 0.15) is 0 Å². The third-order valence-electron chi connectivity index (χ3n) is 3.06. The van der Waals surface area contributed by atoms with Gasteiger partial charge in [0.25, 0.3) is 0 Å². The molecule has 0 fully saturated rings. The second-order valence-electron chi connectivity index (χ2n) is 4.13. The molecule has 1 aliphatic rings. The van der Waals surface area contributed by atoms with Crippen molar-refractivity contribution in [2.75, 3.05) is 20.4 Å². The van der Waals surface area contributed by atoms with Crippen molar-refractivity contribution >= 4 is 12.4 Å². The molecule has 1 atom stereocenters. The highest BCUT2D eigenvalue weighted by atomic mass is 16.7. The summed E-state index contributed by atoms with van der Waals surface area (Å²) in [7, 11) is 1.45. The fourth-order valence-electron chi connectivity index (χ4n) is 2.10. The number of amides is 1. The molecule has 1 N–H and O–H groups in total. The largest absolute Gasteiger partial charge is 0.493 e. The molecule has 1 aromatic carbocycles. The third-order valence-corrected chi connectivity index (χ3v) is 3.06. The number of hydrogen-bond donors (Lipinski definition) is 1. The highest BCUT2D eigenvalue weighted by molar-refractivity contribution is 5.79. The number of methoxy groups -OCH3 is 1. The Morgan fingerprint density at radius 2 is 2.30 bits per heavy atom. The van der Waals surface area contributed by atoms with Crippen LogP contribution in [0.5, 0.6) is 17.2 Å². The van der Waals surface area contributed by atoms with Crippen molar-refractivity contribution in [2.45, 2.75) is 13.0 Å². The summed E-state index contributed by atoms with van der Waals surface area (Å²) in [6.45, 7) is 2.03. The maximum Gasteiger partial charge on any atom is 0.331 e. The van der Waals surface area contributed by atoms with Gasteiger partial charge in [0.2, 0.25) is 19.0 Å². The Balaban J connectivity index is 2.49. The van der Waals surface area contributed by atoms with Crippen molar-refractivity contribution in [3.8, 4) is 17.2 Å². The Kier molecular flexibility index (Phi) is 3.97. The maximum atomic E-state index is 11.4. The van der Waals surface area contributed by atoms with E-state index in [-0.39, 0.29) is 13.3 Å². The lowest BCUT2D eigenvalue weighted by atomic mass is 10.0. The van der Waals surface area contributed by atoms with Crippen molar-refractivity contribution in [2.24, 2.45) is 0 Å². The predicted octanol–water partition coefficient (Wildman–Crippen LogP) is 1.03. The number of ether oxygens (including phenoxy) is 3. The first-order valence-corrected chi connectivity index (χ1v) is 6.03. The summed E-state index contributed by atoms with van der Waals surface area (Å²) >= 11 is 0. The highest BCUT2D eigenvalue weighted by Gasteiger charge is 2.29. The Morgan fingerprint density at radius 1 is 1.55 bits per heavy atom. The van der Waals surface area contributed by atoms with Crippen LogP contribution < -0.4 is 14.2 Å². The van der Waals surface area contributed by atoms with Crippen molar-refractivity contribution < 1.29 is 28.9 Å². The van der Waals surface area contributed by atoms with E-state index in [0.29, 0.717) is 29.2 Å². The summed E-state index contributed by atoms with van der Waals surface area (Å²) in [5, 5.41) is 9.36. The number of rotatable bonds is 6. The number of carbonyl (C=O) groups excluding carboxylic acids is 1. The molecule has 0 aliphatic carbocycles. The zero-order chi connectivity index (χ0) is 14.7. The molecule has 0 saturated heterocycles. The molecule has 0 radical (unpaired) electrons. The van der Waals surface area contributed by atoms with E-state index in [1.165, 1.54) is 12.0 Å². The molecule has 1 unspecified atom stereocenters. The van der Waals surface area contributed by atoms with E-state index >= 15 is 0 Å². The summed E-state index contributed by atoms with van der Waals surface area (Å²) in [5.74, 6) is 0.102. The second-order valence-corrected chi connectivity index (χ2v) is 4.13. The van der Waals surface area contributed by atoms with E-state index in [1.807, 2.05) is 0 Å². The summed E-state index contributed by atoms with van der Waals surface area (Å²) < 4.78 is 15.7. The zero-order valence-corrected chi connectivity index (χ0v) is 11.2. The minimum Gasteiger partial charge on any atom is -0.493 e. The van der Waals surface area contributed by atoms with Gasteiger partial charge in [0.05, 0.1) is 7.11 Å². The molecule has 1 amide bonds. The number of carbonyl (C=O) groups is 2. The maximum absolute atomic E-state index is 11.4. The fourth-order valence-corrected chi connectivity index (χ4v) is 2.10. The van der Waals surface area contributed by atoms with Crippen LogP contribution >= 0.6 is 0 Å². The number of carboxylic acid groups (broad SMARTS) is 1. The minimum absolute atomic E-state index is 0.0536. The van der Waals surface area contributed by atoms with Gasteiger partial charge >= 0.3 is 5.97 Å². The number of hydrogen-bond acceptors (Lipinski definition) is 5. The van der Waals surface area contributed by atoms with Crippen LogP contribution in [0, 0.1) is 0 Å². The molecule has 1 heterocycles. The third kappa shape index (κ3) is 2.34. The van der Waals surface area contributed by atoms with Gasteiger partial charge in [-0.3, -0.25) is 4.79 Å². The quantitative estimate of drug-likeness (QED) is 0.784. The standard InChI is InChI=1S/C13H15NO6/c1-3-14(6-15)11(13(16)17)8-4-9(18-2)12-10(5-8)19-7-20-12/h4-6,11H,3,7H2,1-2H3,(H,16,17). The number of carboxylic acids is 1. The first-order chi connectivity index (χ1) is 9.62. The molecule has 0 saturated carbocycles. The molecule has 7 heteroatoms. The van der Waals surface area contributed by atoms with Crippen molar-refractivity contribution in [3.05, 3.63) is 17.7 Å². The van der Waals surface area contributed by atoms with Crippen molar-refractivity contribution in [1.29, 1.82) is 0 Å². The van der Waals surface area contributed by atoms with Crippen LogP contribution in [0.25, 0.3) is 0 Å². The number of benzene rings is 1. The van der Waals surface area contributed by atoms with E-state index in [1.54, 1.807) is 19.1 Å². The van der Waals surface area contributed by atoms with Crippen LogP contribution in [-0.4, -0.2) is 42.8 Å². The summed E-state index contributed by atoms with van der Waals surface area (Å²) in [6, 6.07) is 2.00. The second kappa shape index (κ2) is 5.68. The van der Waals surface area contributed by atoms with E-state index in [4.69, 9.17) is 14.2 Å². The van der Waals surface area contributed by atoms with Crippen LogP contribution in [0.3, 0.4) is 0 Å². The lowest BCUT2D eigenvalue weighted by molar-refractivity contribution is -0.146. The topological polar surface area (TPSA) is 85.3 Å². The van der Waals surface area contributed by atoms with Gasteiger partial charge in [-0.15, -0.1) is 0 Å². The van der Waals surface area contributed by atoms with E-state index in [0.717, 1.165) is 0 Å². The van der Waals surface area contributed by atoms with Gasteiger partial charge in [-0.1, -0.05) is 0 Å². The molecular formula is C13H15NO6. The molecule has 0 aromatic heterocycles.